The first kappa shape index (κ1) is 17.6. The van der Waals surface area contributed by atoms with Gasteiger partial charge >= 0.3 is 5.97 Å². The molecule has 134 valence electrons. The number of fused-ring (bicyclic) bond motifs is 1. The van der Waals surface area contributed by atoms with Gasteiger partial charge in [-0.25, -0.2) is 4.79 Å². The number of ether oxygens (including phenoxy) is 1. The maximum Gasteiger partial charge on any atom is 0.338 e. The number of nitrogens with zero attached hydrogens (tertiary/aromatic N) is 1. The Morgan fingerprint density at radius 2 is 1.73 bits per heavy atom. The van der Waals surface area contributed by atoms with E-state index in [0.29, 0.717) is 5.56 Å². The molecule has 2 aromatic rings. The van der Waals surface area contributed by atoms with Crippen LogP contribution in [0.4, 0.5) is 5.69 Å². The normalized spacial score (nSPS) is 12.9. The standard InChI is InChI=1S/C19H18N2O5/c20-18(22)14-6-8-16(17(10-14)21(24)25)11-26-19(23)15-7-5-12-3-1-2-4-13(12)9-15/h5-10H,1-4,11H2,(H2,20,22). The summed E-state index contributed by atoms with van der Waals surface area (Å²) in [5.74, 6) is -1.29. The summed E-state index contributed by atoms with van der Waals surface area (Å²) < 4.78 is 5.24. The first-order valence-electron chi connectivity index (χ1n) is 8.32. The van der Waals surface area contributed by atoms with Crippen molar-refractivity contribution in [1.29, 1.82) is 0 Å². The number of carbonyl (C=O) groups is 2. The van der Waals surface area contributed by atoms with E-state index in [1.54, 1.807) is 6.07 Å². The summed E-state index contributed by atoms with van der Waals surface area (Å²) in [6, 6.07) is 9.33. The number of hydrogen-bond acceptors (Lipinski definition) is 5. The third-order valence-electron chi connectivity index (χ3n) is 4.51. The summed E-state index contributed by atoms with van der Waals surface area (Å²) in [5, 5.41) is 11.2. The van der Waals surface area contributed by atoms with Crippen molar-refractivity contribution in [2.24, 2.45) is 5.73 Å². The van der Waals surface area contributed by atoms with E-state index in [4.69, 9.17) is 10.5 Å². The second-order valence-electron chi connectivity index (χ2n) is 6.23. The topological polar surface area (TPSA) is 113 Å². The van der Waals surface area contributed by atoms with Crippen molar-refractivity contribution in [2.45, 2.75) is 32.3 Å². The number of nitro groups is 1. The van der Waals surface area contributed by atoms with Crippen LogP contribution in [0.1, 0.15) is 50.2 Å². The van der Waals surface area contributed by atoms with Crippen LogP contribution in [0.3, 0.4) is 0 Å². The number of esters is 1. The summed E-state index contributed by atoms with van der Waals surface area (Å²) in [6.07, 6.45) is 4.21. The second kappa shape index (κ2) is 7.35. The van der Waals surface area contributed by atoms with Gasteiger partial charge in [0, 0.05) is 11.6 Å². The van der Waals surface area contributed by atoms with Gasteiger partial charge in [0.05, 0.1) is 16.1 Å². The molecule has 2 aromatic carbocycles. The lowest BCUT2D eigenvalue weighted by atomic mass is 9.90. The Balaban J connectivity index is 1.75. The van der Waals surface area contributed by atoms with Crippen LogP contribution in [-0.4, -0.2) is 16.8 Å². The maximum absolute atomic E-state index is 12.3. The lowest BCUT2D eigenvalue weighted by Gasteiger charge is -2.16. The van der Waals surface area contributed by atoms with E-state index in [9.17, 15) is 19.7 Å². The molecule has 0 unspecified atom stereocenters. The highest BCUT2D eigenvalue weighted by Gasteiger charge is 2.19. The number of primary amides is 1. The van der Waals surface area contributed by atoms with E-state index in [2.05, 4.69) is 0 Å². The SMILES string of the molecule is NC(=O)c1ccc(COC(=O)c2ccc3c(c2)CCCC3)c([N+](=O)[O-])c1. The molecule has 2 N–H and O–H groups in total. The average Bonchev–Trinajstić information content (AvgIpc) is 2.65. The second-order valence-corrected chi connectivity index (χ2v) is 6.23. The minimum absolute atomic E-state index is 0.0291. The lowest BCUT2D eigenvalue weighted by Crippen LogP contribution is -2.12. The molecule has 0 aliphatic heterocycles. The van der Waals surface area contributed by atoms with Crippen molar-refractivity contribution in [3.63, 3.8) is 0 Å². The molecule has 1 aliphatic carbocycles. The van der Waals surface area contributed by atoms with Gasteiger partial charge in [-0.15, -0.1) is 0 Å². The van der Waals surface area contributed by atoms with Crippen molar-refractivity contribution in [3.8, 4) is 0 Å². The predicted molar refractivity (Wildman–Crippen MR) is 93.8 cm³/mol. The summed E-state index contributed by atoms with van der Waals surface area (Å²) in [4.78, 5) is 34.0. The molecule has 0 fully saturated rings. The third kappa shape index (κ3) is 3.72. The minimum Gasteiger partial charge on any atom is -0.457 e. The van der Waals surface area contributed by atoms with E-state index >= 15 is 0 Å². The van der Waals surface area contributed by atoms with Crippen LogP contribution >= 0.6 is 0 Å². The van der Waals surface area contributed by atoms with Crippen molar-refractivity contribution in [2.75, 3.05) is 0 Å². The molecule has 0 saturated carbocycles. The molecule has 0 atom stereocenters. The maximum atomic E-state index is 12.3. The molecule has 1 amide bonds. The zero-order valence-corrected chi connectivity index (χ0v) is 14.1. The Kier molecular flexibility index (Phi) is 4.97. The molecule has 3 rings (SSSR count). The number of rotatable bonds is 5. The van der Waals surface area contributed by atoms with Crippen LogP contribution in [0.5, 0.6) is 0 Å². The quantitative estimate of drug-likeness (QED) is 0.504. The van der Waals surface area contributed by atoms with Gasteiger partial charge in [-0.05, 0) is 61.1 Å². The van der Waals surface area contributed by atoms with Crippen molar-refractivity contribution >= 4 is 17.6 Å². The van der Waals surface area contributed by atoms with Crippen LogP contribution in [0.25, 0.3) is 0 Å². The van der Waals surface area contributed by atoms with Gasteiger partial charge in [0.15, 0.2) is 0 Å². The Morgan fingerprint density at radius 1 is 1.04 bits per heavy atom. The number of nitrogens with two attached hydrogens (primary N) is 1. The number of hydrogen-bond donors (Lipinski definition) is 1. The van der Waals surface area contributed by atoms with Gasteiger partial charge in [0.25, 0.3) is 5.69 Å². The first-order valence-corrected chi connectivity index (χ1v) is 8.32. The van der Waals surface area contributed by atoms with Gasteiger partial charge in [-0.3, -0.25) is 14.9 Å². The molecular weight excluding hydrogens is 336 g/mol. The minimum atomic E-state index is -0.759. The highest BCUT2D eigenvalue weighted by Crippen LogP contribution is 2.24. The monoisotopic (exact) mass is 354 g/mol. The molecular formula is C19H18N2O5. The summed E-state index contributed by atoms with van der Waals surface area (Å²) in [5.41, 5.74) is 7.91. The van der Waals surface area contributed by atoms with Crippen LogP contribution in [0, 0.1) is 10.1 Å². The summed E-state index contributed by atoms with van der Waals surface area (Å²) >= 11 is 0. The zero-order chi connectivity index (χ0) is 18.7. The van der Waals surface area contributed by atoms with Crippen LogP contribution in [0.2, 0.25) is 0 Å². The number of nitro benzene ring substituents is 1. The Bertz CT molecular complexity index is 891. The molecule has 7 heteroatoms. The zero-order valence-electron chi connectivity index (χ0n) is 14.1. The third-order valence-corrected chi connectivity index (χ3v) is 4.51. The van der Waals surface area contributed by atoms with Gasteiger partial charge in [-0.2, -0.15) is 0 Å². The van der Waals surface area contributed by atoms with Crippen molar-refractivity contribution in [1.82, 2.24) is 0 Å². The average molecular weight is 354 g/mol. The molecule has 0 aromatic heterocycles. The van der Waals surface area contributed by atoms with Crippen LogP contribution in [0.15, 0.2) is 36.4 Å². The Labute approximate surface area is 149 Å². The van der Waals surface area contributed by atoms with Crippen molar-refractivity contribution in [3.05, 3.63) is 74.3 Å². The molecule has 26 heavy (non-hydrogen) atoms. The Hall–Kier alpha value is -3.22. The first-order chi connectivity index (χ1) is 12.5. The molecule has 0 bridgehead atoms. The Morgan fingerprint density at radius 3 is 2.42 bits per heavy atom. The highest BCUT2D eigenvalue weighted by atomic mass is 16.6. The lowest BCUT2D eigenvalue weighted by molar-refractivity contribution is -0.385. The summed E-state index contributed by atoms with van der Waals surface area (Å²) in [7, 11) is 0. The number of carbonyl (C=O) groups excluding carboxylic acids is 2. The fourth-order valence-electron chi connectivity index (χ4n) is 3.10. The molecule has 1 aliphatic rings. The number of aryl methyl sites for hydroxylation is 2. The molecule has 0 spiro atoms. The number of amides is 1. The van der Waals surface area contributed by atoms with E-state index in [1.165, 1.54) is 17.7 Å². The van der Waals surface area contributed by atoms with E-state index in [-0.39, 0.29) is 23.4 Å². The summed E-state index contributed by atoms with van der Waals surface area (Å²) in [6.45, 7) is -0.259. The van der Waals surface area contributed by atoms with E-state index in [1.807, 2.05) is 12.1 Å². The largest absolute Gasteiger partial charge is 0.457 e. The van der Waals surface area contributed by atoms with Crippen LogP contribution < -0.4 is 5.73 Å². The number of benzene rings is 2. The van der Waals surface area contributed by atoms with Gasteiger partial charge in [0.2, 0.25) is 5.91 Å². The van der Waals surface area contributed by atoms with E-state index in [0.717, 1.165) is 37.3 Å². The van der Waals surface area contributed by atoms with E-state index < -0.39 is 16.8 Å². The fourth-order valence-corrected chi connectivity index (χ4v) is 3.10. The molecule has 7 nitrogen and oxygen atoms in total. The van der Waals surface area contributed by atoms with Gasteiger partial charge < -0.3 is 10.5 Å². The predicted octanol–water partition coefficient (Wildman–Crippen LogP) is 2.93. The fraction of sp³-hybridized carbons (Fsp3) is 0.263. The molecule has 0 heterocycles. The highest BCUT2D eigenvalue weighted by molar-refractivity contribution is 5.93. The van der Waals surface area contributed by atoms with Crippen molar-refractivity contribution < 1.29 is 19.2 Å². The smallest absolute Gasteiger partial charge is 0.338 e. The van der Waals surface area contributed by atoms with Gasteiger partial charge in [-0.1, -0.05) is 6.07 Å². The molecule has 0 saturated heterocycles. The molecule has 0 radical (unpaired) electrons. The van der Waals surface area contributed by atoms with Gasteiger partial charge in [0.1, 0.15) is 6.61 Å². The van der Waals surface area contributed by atoms with Crippen LogP contribution in [-0.2, 0) is 24.2 Å².